The van der Waals surface area contributed by atoms with E-state index < -0.39 is 15.7 Å². The fraction of sp³-hybridized carbons (Fsp3) is 0.250. The monoisotopic (exact) mass is 439 g/mol. The Morgan fingerprint density at radius 2 is 1.86 bits per heavy atom. The van der Waals surface area contributed by atoms with Crippen molar-refractivity contribution in [3.05, 3.63) is 69.4 Å². The average molecular weight is 440 g/mol. The molecule has 1 unspecified atom stereocenters. The molecule has 1 atom stereocenters. The lowest BCUT2D eigenvalue weighted by Gasteiger charge is -2.25. The summed E-state index contributed by atoms with van der Waals surface area (Å²) in [5, 5.41) is 1.56. The molecule has 3 aromatic rings. The highest BCUT2D eigenvalue weighted by atomic mass is 35.5. The van der Waals surface area contributed by atoms with Gasteiger partial charge in [0.1, 0.15) is 5.58 Å². The molecule has 0 fully saturated rings. The summed E-state index contributed by atoms with van der Waals surface area (Å²) in [6.45, 7) is 1.83. The first-order valence-electron chi connectivity index (χ1n) is 8.48. The van der Waals surface area contributed by atoms with Crippen molar-refractivity contribution in [3.8, 4) is 0 Å². The van der Waals surface area contributed by atoms with Crippen LogP contribution in [0.3, 0.4) is 0 Å². The molecule has 0 aliphatic rings. The molecule has 0 saturated heterocycles. The van der Waals surface area contributed by atoms with Gasteiger partial charge in [-0.15, -0.1) is 0 Å². The maximum atomic E-state index is 13.2. The van der Waals surface area contributed by atoms with Crippen molar-refractivity contribution in [3.63, 3.8) is 0 Å². The zero-order chi connectivity index (χ0) is 20.6. The lowest BCUT2D eigenvalue weighted by atomic mass is 10.1. The molecule has 0 N–H and O–H groups in total. The van der Waals surface area contributed by atoms with Crippen LogP contribution in [0.25, 0.3) is 11.0 Å². The van der Waals surface area contributed by atoms with Crippen molar-refractivity contribution >= 4 is 49.9 Å². The van der Waals surface area contributed by atoms with Crippen LogP contribution in [0.1, 0.15) is 34.6 Å². The summed E-state index contributed by atoms with van der Waals surface area (Å²) in [4.78, 5) is 14.7. The van der Waals surface area contributed by atoms with Crippen LogP contribution < -0.4 is 0 Å². The number of sulfone groups is 1. The number of amides is 1. The minimum absolute atomic E-state index is 0.0195. The first-order chi connectivity index (χ1) is 13.1. The lowest BCUT2D eigenvalue weighted by Crippen LogP contribution is -2.30. The normalized spacial score (nSPS) is 12.9. The van der Waals surface area contributed by atoms with E-state index in [4.69, 9.17) is 27.6 Å². The van der Waals surface area contributed by atoms with E-state index in [1.807, 2.05) is 6.92 Å². The number of hydrogen-bond donors (Lipinski definition) is 0. The zero-order valence-corrected chi connectivity index (χ0v) is 17.9. The maximum Gasteiger partial charge on any atom is 0.290 e. The molecular weight excluding hydrogens is 421 g/mol. The average Bonchev–Trinajstić information content (AvgIpc) is 2.97. The number of carbonyl (C=O) groups excluding carboxylic acids is 1. The third-order valence-electron chi connectivity index (χ3n) is 4.61. The van der Waals surface area contributed by atoms with E-state index in [1.54, 1.807) is 49.5 Å². The largest absolute Gasteiger partial charge is 0.451 e. The van der Waals surface area contributed by atoms with E-state index in [0.717, 1.165) is 11.8 Å². The second-order valence-corrected chi connectivity index (χ2v) is 9.72. The highest BCUT2D eigenvalue weighted by molar-refractivity contribution is 7.89. The number of rotatable bonds is 5. The van der Waals surface area contributed by atoms with Gasteiger partial charge in [0.15, 0.2) is 15.6 Å². The molecule has 5 nitrogen and oxygen atoms in total. The molecule has 0 aliphatic carbocycles. The Balaban J connectivity index is 2.03. The van der Waals surface area contributed by atoms with E-state index in [2.05, 4.69) is 0 Å². The summed E-state index contributed by atoms with van der Waals surface area (Å²) < 4.78 is 29.6. The molecule has 0 saturated carbocycles. The molecule has 1 aromatic heterocycles. The van der Waals surface area contributed by atoms with Gasteiger partial charge in [0, 0.05) is 34.3 Å². The third-order valence-corrected chi connectivity index (χ3v) is 5.99. The van der Waals surface area contributed by atoms with Gasteiger partial charge in [-0.2, -0.15) is 0 Å². The molecule has 2 aromatic carbocycles. The molecule has 1 amide bonds. The minimum atomic E-state index is -3.37. The summed E-state index contributed by atoms with van der Waals surface area (Å²) >= 11 is 12.2. The Labute approximate surface area is 173 Å². The Morgan fingerprint density at radius 3 is 2.50 bits per heavy atom. The Morgan fingerprint density at radius 1 is 1.18 bits per heavy atom. The van der Waals surface area contributed by atoms with Crippen molar-refractivity contribution in [2.75, 3.05) is 13.3 Å². The number of carbonyl (C=O) groups is 1. The standard InChI is InChI=1S/C20H19Cl2NO4S/c1-12(14-9-8-13(21)10-17(14)22)23(2)20(24)19-16(11-28(3,25)26)15-6-4-5-7-18(15)27-19/h4-10,12H,11H2,1-3H3. The summed E-state index contributed by atoms with van der Waals surface area (Å²) in [7, 11) is -1.75. The van der Waals surface area contributed by atoms with E-state index in [1.165, 1.54) is 4.90 Å². The van der Waals surface area contributed by atoms with Gasteiger partial charge in [-0.1, -0.05) is 47.5 Å². The molecule has 3 rings (SSSR count). The van der Waals surface area contributed by atoms with E-state index >= 15 is 0 Å². The van der Waals surface area contributed by atoms with Crippen LogP contribution in [0.2, 0.25) is 10.0 Å². The lowest BCUT2D eigenvalue weighted by molar-refractivity contribution is 0.0712. The molecule has 1 heterocycles. The van der Waals surface area contributed by atoms with Crippen molar-refractivity contribution in [2.45, 2.75) is 18.7 Å². The maximum absolute atomic E-state index is 13.2. The Bertz CT molecular complexity index is 1150. The number of halogens is 2. The summed E-state index contributed by atoms with van der Waals surface area (Å²) in [6.07, 6.45) is 1.13. The van der Waals surface area contributed by atoms with Crippen LogP contribution in [0, 0.1) is 0 Å². The van der Waals surface area contributed by atoms with Gasteiger partial charge < -0.3 is 9.32 Å². The van der Waals surface area contributed by atoms with Gasteiger partial charge >= 0.3 is 0 Å². The minimum Gasteiger partial charge on any atom is -0.451 e. The van der Waals surface area contributed by atoms with Crippen LogP contribution in [0.4, 0.5) is 0 Å². The van der Waals surface area contributed by atoms with Crippen LogP contribution in [-0.2, 0) is 15.6 Å². The van der Waals surface area contributed by atoms with Crippen LogP contribution in [0.5, 0.6) is 0 Å². The predicted molar refractivity (Wildman–Crippen MR) is 112 cm³/mol. The molecule has 0 bridgehead atoms. The van der Waals surface area contributed by atoms with Crippen molar-refractivity contribution in [1.29, 1.82) is 0 Å². The molecular formula is C20H19Cl2NO4S. The van der Waals surface area contributed by atoms with Gasteiger partial charge in [-0.3, -0.25) is 4.79 Å². The summed E-state index contributed by atoms with van der Waals surface area (Å²) in [6, 6.07) is 11.7. The number of hydrogen-bond acceptors (Lipinski definition) is 4. The third kappa shape index (κ3) is 4.19. The molecule has 8 heteroatoms. The molecule has 0 aliphatic heterocycles. The van der Waals surface area contributed by atoms with Gasteiger partial charge in [0.2, 0.25) is 0 Å². The highest BCUT2D eigenvalue weighted by Crippen LogP contribution is 2.33. The topological polar surface area (TPSA) is 67.6 Å². The number of furan rings is 1. The zero-order valence-electron chi connectivity index (χ0n) is 15.6. The van der Waals surface area contributed by atoms with Crippen molar-refractivity contribution in [2.24, 2.45) is 0 Å². The highest BCUT2D eigenvalue weighted by Gasteiger charge is 2.28. The predicted octanol–water partition coefficient (Wildman–Crippen LogP) is 5.12. The van der Waals surface area contributed by atoms with Crippen molar-refractivity contribution < 1.29 is 17.6 Å². The number of benzene rings is 2. The van der Waals surface area contributed by atoms with E-state index in [9.17, 15) is 13.2 Å². The SMILES string of the molecule is CC(c1ccc(Cl)cc1Cl)N(C)C(=O)c1oc2ccccc2c1CS(C)(=O)=O. The van der Waals surface area contributed by atoms with Gasteiger partial charge in [0.05, 0.1) is 11.8 Å². The second kappa shape index (κ2) is 7.78. The summed E-state index contributed by atoms with van der Waals surface area (Å²) in [5.74, 6) is -0.686. The second-order valence-electron chi connectivity index (χ2n) is 6.73. The smallest absolute Gasteiger partial charge is 0.290 e. The van der Waals surface area contributed by atoms with Crippen molar-refractivity contribution in [1.82, 2.24) is 4.90 Å². The van der Waals surface area contributed by atoms with E-state index in [-0.39, 0.29) is 17.6 Å². The fourth-order valence-corrected chi connectivity index (χ4v) is 4.44. The number of fused-ring (bicyclic) bond motifs is 1. The first kappa shape index (κ1) is 20.7. The van der Waals surface area contributed by atoms with Crippen LogP contribution in [-0.4, -0.2) is 32.5 Å². The van der Waals surface area contributed by atoms with Crippen LogP contribution in [0.15, 0.2) is 46.9 Å². The Hall–Kier alpha value is -2.02. The van der Waals surface area contributed by atoms with E-state index in [0.29, 0.717) is 26.6 Å². The molecule has 148 valence electrons. The van der Waals surface area contributed by atoms with Crippen LogP contribution >= 0.6 is 23.2 Å². The first-order valence-corrected chi connectivity index (χ1v) is 11.3. The molecule has 0 radical (unpaired) electrons. The number of nitrogens with zero attached hydrogens (tertiary/aromatic N) is 1. The quantitative estimate of drug-likeness (QED) is 0.553. The number of para-hydroxylation sites is 1. The Kier molecular flexibility index (Phi) is 5.75. The van der Waals surface area contributed by atoms with Gasteiger partial charge in [0.25, 0.3) is 5.91 Å². The molecule has 28 heavy (non-hydrogen) atoms. The molecule has 0 spiro atoms. The fourth-order valence-electron chi connectivity index (χ4n) is 3.06. The summed E-state index contributed by atoms with van der Waals surface area (Å²) in [5.41, 5.74) is 1.56. The van der Waals surface area contributed by atoms with Gasteiger partial charge in [-0.25, -0.2) is 8.42 Å². The van der Waals surface area contributed by atoms with Gasteiger partial charge in [-0.05, 0) is 30.7 Å².